The zero-order valence-electron chi connectivity index (χ0n) is 25.1. The van der Waals surface area contributed by atoms with Crippen LogP contribution in [0.25, 0.3) is 0 Å². The average molecular weight is 656 g/mol. The van der Waals surface area contributed by atoms with Crippen LogP contribution >= 0.6 is 10.8 Å². The Kier molecular flexibility index (Phi) is 11.8. The zero-order chi connectivity index (χ0) is 33.1. The Labute approximate surface area is 267 Å². The molecule has 0 saturated carbocycles. The molecular formula is C32H37N3O10S. The molecule has 13 nitrogen and oxygen atoms in total. The molecule has 0 bridgehead atoms. The number of unbranched alkanes of at least 4 members (excludes halogenated alkanes) is 1. The molecule has 1 fully saturated rings. The Morgan fingerprint density at radius 2 is 1.72 bits per heavy atom. The van der Waals surface area contributed by atoms with E-state index in [1.807, 2.05) is 30.3 Å². The Morgan fingerprint density at radius 1 is 0.978 bits per heavy atom. The molecular weight excluding hydrogens is 618 g/mol. The molecule has 0 radical (unpaired) electrons. The maximum absolute atomic E-state index is 13.2. The summed E-state index contributed by atoms with van der Waals surface area (Å²) in [6.07, 6.45) is 0.311. The molecule has 0 spiro atoms. The maximum Gasteiger partial charge on any atom is 0.408 e. The van der Waals surface area contributed by atoms with Crippen molar-refractivity contribution in [2.75, 3.05) is 20.3 Å². The van der Waals surface area contributed by atoms with Gasteiger partial charge in [-0.25, -0.2) is 9.59 Å². The molecule has 1 heterocycles. The number of methoxy groups -OCH3 is 1. The number of carbonyl (C=O) groups is 4. The molecule has 14 heteroatoms. The summed E-state index contributed by atoms with van der Waals surface area (Å²) >= 11 is 0. The number of esters is 1. The Bertz CT molecular complexity index is 1520. The lowest BCUT2D eigenvalue weighted by Gasteiger charge is -2.32. The smallest absolute Gasteiger partial charge is 0.408 e. The van der Waals surface area contributed by atoms with Crippen molar-refractivity contribution in [3.05, 3.63) is 95.1 Å². The zero-order valence-corrected chi connectivity index (χ0v) is 26.0. The van der Waals surface area contributed by atoms with Gasteiger partial charge in [0.1, 0.15) is 35.0 Å². The predicted molar refractivity (Wildman–Crippen MR) is 169 cm³/mol. The molecule has 0 aliphatic carbocycles. The Morgan fingerprint density at radius 3 is 2.39 bits per heavy atom. The lowest BCUT2D eigenvalue weighted by Crippen LogP contribution is -2.48. The van der Waals surface area contributed by atoms with E-state index < -0.39 is 45.9 Å². The van der Waals surface area contributed by atoms with Gasteiger partial charge in [0.15, 0.2) is 0 Å². The molecule has 1 saturated heterocycles. The van der Waals surface area contributed by atoms with E-state index in [1.54, 1.807) is 36.4 Å². The van der Waals surface area contributed by atoms with Crippen LogP contribution in [0.4, 0.5) is 4.79 Å². The van der Waals surface area contributed by atoms with Crippen LogP contribution in [-0.2, 0) is 32.1 Å². The topological polar surface area (TPSA) is 193 Å². The highest BCUT2D eigenvalue weighted by Gasteiger charge is 2.38. The van der Waals surface area contributed by atoms with E-state index in [-0.39, 0.29) is 49.7 Å². The normalized spacial score (nSPS) is 16.4. The summed E-state index contributed by atoms with van der Waals surface area (Å²) in [4.78, 5) is 49.5. The fourth-order valence-electron chi connectivity index (χ4n) is 4.78. The highest BCUT2D eigenvalue weighted by molar-refractivity contribution is 8.23. The first-order chi connectivity index (χ1) is 22.1. The molecule has 246 valence electrons. The lowest BCUT2D eigenvalue weighted by atomic mass is 10.0. The largest absolute Gasteiger partial charge is 0.507 e. The number of benzene rings is 3. The number of hydrogen-bond acceptors (Lipinski definition) is 10. The third-order valence-corrected chi connectivity index (χ3v) is 8.93. The van der Waals surface area contributed by atoms with Crippen molar-refractivity contribution in [1.29, 1.82) is 0 Å². The van der Waals surface area contributed by atoms with Crippen molar-refractivity contribution >= 4 is 34.7 Å². The number of nitrogens with one attached hydrogen (secondary N) is 3. The van der Waals surface area contributed by atoms with E-state index in [0.29, 0.717) is 24.0 Å². The van der Waals surface area contributed by atoms with E-state index in [9.17, 15) is 33.4 Å². The summed E-state index contributed by atoms with van der Waals surface area (Å²) in [5.41, 5.74) is 1.96. The van der Waals surface area contributed by atoms with Crippen LogP contribution in [-0.4, -0.2) is 64.4 Å². The predicted octanol–water partition coefficient (Wildman–Crippen LogP) is 4.22. The molecule has 1 unspecified atom stereocenters. The third-order valence-electron chi connectivity index (χ3n) is 7.17. The SMILES string of the molecule is COC(=O)c1c(O)cccc1OCCCCNC(=O)[C@H](Cc1ccc(C2CC(=O)NS2(O)O)cc1)NC(=O)OCc1ccccc1. The van der Waals surface area contributed by atoms with Crippen LogP contribution < -0.4 is 20.1 Å². The van der Waals surface area contributed by atoms with Crippen LogP contribution in [0.3, 0.4) is 0 Å². The van der Waals surface area contributed by atoms with Crippen LogP contribution in [0.15, 0.2) is 72.8 Å². The van der Waals surface area contributed by atoms with Gasteiger partial charge in [-0.15, -0.1) is 10.8 Å². The van der Waals surface area contributed by atoms with Crippen LogP contribution in [0.2, 0.25) is 0 Å². The molecule has 6 N–H and O–H groups in total. The monoisotopic (exact) mass is 655 g/mol. The summed E-state index contributed by atoms with van der Waals surface area (Å²) < 4.78 is 38.3. The minimum Gasteiger partial charge on any atom is -0.507 e. The minimum atomic E-state index is -3.30. The molecule has 46 heavy (non-hydrogen) atoms. The van der Waals surface area contributed by atoms with Crippen molar-refractivity contribution in [2.24, 2.45) is 0 Å². The van der Waals surface area contributed by atoms with E-state index in [0.717, 1.165) is 5.56 Å². The number of hydrogen-bond donors (Lipinski definition) is 6. The van der Waals surface area contributed by atoms with Gasteiger partial charge >= 0.3 is 12.1 Å². The molecule has 4 rings (SSSR count). The number of carbonyl (C=O) groups excluding carboxylic acids is 4. The van der Waals surface area contributed by atoms with E-state index >= 15 is 0 Å². The van der Waals surface area contributed by atoms with E-state index in [4.69, 9.17) is 14.2 Å². The van der Waals surface area contributed by atoms with Gasteiger partial charge in [-0.05, 0) is 41.7 Å². The number of aromatic hydroxyl groups is 1. The highest BCUT2D eigenvalue weighted by Crippen LogP contribution is 2.56. The molecule has 3 aromatic carbocycles. The quantitative estimate of drug-likeness (QED) is 0.108. The van der Waals surface area contributed by atoms with Crippen LogP contribution in [0.5, 0.6) is 11.5 Å². The number of phenols is 1. The van der Waals surface area contributed by atoms with Gasteiger partial charge in [-0.2, -0.15) is 0 Å². The van der Waals surface area contributed by atoms with Gasteiger partial charge in [-0.3, -0.25) is 23.4 Å². The van der Waals surface area contributed by atoms with E-state index in [1.165, 1.54) is 13.2 Å². The number of phenolic OH excluding ortho intramolecular Hbond substituents is 1. The number of ether oxygens (including phenoxy) is 3. The summed E-state index contributed by atoms with van der Waals surface area (Å²) in [6, 6.07) is 19.3. The van der Waals surface area contributed by atoms with Crippen molar-refractivity contribution in [3.63, 3.8) is 0 Å². The minimum absolute atomic E-state index is 0.0210. The summed E-state index contributed by atoms with van der Waals surface area (Å²) in [5.74, 6) is -1.68. The summed E-state index contributed by atoms with van der Waals surface area (Å²) in [6.45, 7) is 0.492. The van der Waals surface area contributed by atoms with Crippen molar-refractivity contribution in [1.82, 2.24) is 15.4 Å². The second-order valence-corrected chi connectivity index (χ2v) is 12.5. The first kappa shape index (κ1) is 34.1. The van der Waals surface area contributed by atoms with Crippen LogP contribution in [0, 0.1) is 0 Å². The summed E-state index contributed by atoms with van der Waals surface area (Å²) in [7, 11) is -2.10. The molecule has 3 amide bonds. The number of amides is 3. The fourth-order valence-corrected chi connectivity index (χ4v) is 6.27. The Hall–Kier alpha value is -4.79. The van der Waals surface area contributed by atoms with Gasteiger partial charge < -0.3 is 30.0 Å². The first-order valence-corrected chi connectivity index (χ1v) is 16.1. The van der Waals surface area contributed by atoms with Gasteiger partial charge in [0, 0.05) is 13.0 Å². The molecule has 1 aliphatic heterocycles. The van der Waals surface area contributed by atoms with Crippen molar-refractivity contribution in [3.8, 4) is 11.5 Å². The van der Waals surface area contributed by atoms with Crippen LogP contribution in [0.1, 0.15) is 51.6 Å². The van der Waals surface area contributed by atoms with Gasteiger partial charge in [0.25, 0.3) is 0 Å². The molecule has 0 aromatic heterocycles. The second-order valence-electron chi connectivity index (χ2n) is 10.5. The van der Waals surface area contributed by atoms with Crippen molar-refractivity contribution in [2.45, 2.75) is 43.6 Å². The second kappa shape index (κ2) is 16.0. The number of rotatable bonds is 14. The standard InChI is InChI=1S/C32H37N3O10S/c1-43-31(39)29-25(36)10-7-11-26(29)44-17-6-5-16-33-30(38)24(34-32(40)45-20-22-8-3-2-4-9-22)18-21-12-14-23(15-13-21)27-19-28(37)35-46(27,41)42/h2-4,7-15,24,27,36,41-42H,5-6,16-20H2,1H3,(H,33,38)(H,34,40)(H,35,37)/t24-,27?/m0/s1. The average Bonchev–Trinajstić information content (AvgIpc) is 3.33. The fraction of sp³-hybridized carbons (Fsp3) is 0.312. The van der Waals surface area contributed by atoms with E-state index in [2.05, 4.69) is 15.4 Å². The molecule has 2 atom stereocenters. The van der Waals surface area contributed by atoms with Gasteiger partial charge in [0.2, 0.25) is 11.8 Å². The third kappa shape index (κ3) is 9.36. The number of alkyl carbamates (subject to hydrolysis) is 1. The van der Waals surface area contributed by atoms with Gasteiger partial charge in [-0.1, -0.05) is 60.7 Å². The van der Waals surface area contributed by atoms with Crippen molar-refractivity contribution < 1.29 is 47.6 Å². The Balaban J connectivity index is 1.33. The van der Waals surface area contributed by atoms with Gasteiger partial charge in [0.05, 0.1) is 20.1 Å². The highest BCUT2D eigenvalue weighted by atomic mass is 32.3. The summed E-state index contributed by atoms with van der Waals surface area (Å²) in [5, 5.41) is 14.7. The maximum atomic E-state index is 13.2. The molecule has 1 aliphatic rings. The lowest BCUT2D eigenvalue weighted by molar-refractivity contribution is -0.123. The first-order valence-electron chi connectivity index (χ1n) is 14.5. The molecule has 3 aromatic rings.